The fraction of sp³-hybridized carbons (Fsp3) is 0.400. The lowest BCUT2D eigenvalue weighted by Gasteiger charge is -2.14. The summed E-state index contributed by atoms with van der Waals surface area (Å²) in [7, 11) is -3.59. The van der Waals surface area contributed by atoms with Crippen LogP contribution in [0.2, 0.25) is 0 Å². The Bertz CT molecular complexity index is 612. The average Bonchev–Trinajstić information content (AvgIpc) is 2.15. The van der Waals surface area contributed by atoms with E-state index in [2.05, 4.69) is 4.98 Å². The Balaban J connectivity index is 2.73. The maximum absolute atomic E-state index is 11.6. The summed E-state index contributed by atoms with van der Waals surface area (Å²) in [5, 5.41) is 0. The fourth-order valence-electron chi connectivity index (χ4n) is 1.83. The number of carbonyl (C=O) groups excluding carboxylic acids is 1. The molecule has 1 heterocycles. The van der Waals surface area contributed by atoms with Gasteiger partial charge in [0.05, 0.1) is 0 Å². The van der Waals surface area contributed by atoms with E-state index in [1.807, 2.05) is 0 Å². The summed E-state index contributed by atoms with van der Waals surface area (Å²) in [6, 6.07) is 1.20. The van der Waals surface area contributed by atoms with Crippen LogP contribution >= 0.6 is 0 Å². The van der Waals surface area contributed by atoms with Crippen molar-refractivity contribution in [2.75, 3.05) is 6.26 Å². The predicted molar refractivity (Wildman–Crippen MR) is 57.4 cm³/mol. The molecule has 6 heteroatoms. The summed E-state index contributed by atoms with van der Waals surface area (Å²) < 4.78 is 22.6. The molecule has 0 aliphatic heterocycles. The fourth-order valence-corrected chi connectivity index (χ4v) is 2.55. The number of pyridine rings is 1. The maximum atomic E-state index is 11.6. The first-order chi connectivity index (χ1) is 7.39. The number of fused-ring (bicyclic) bond motifs is 1. The van der Waals surface area contributed by atoms with Crippen molar-refractivity contribution in [3.63, 3.8) is 0 Å². The minimum Gasteiger partial charge on any atom is -0.324 e. The van der Waals surface area contributed by atoms with Crippen LogP contribution in [0.1, 0.15) is 28.9 Å². The quantitative estimate of drug-likeness (QED) is 0.766. The molecule has 1 aromatic heterocycles. The van der Waals surface area contributed by atoms with E-state index in [0.29, 0.717) is 30.5 Å². The highest BCUT2D eigenvalue weighted by atomic mass is 32.2. The van der Waals surface area contributed by atoms with E-state index >= 15 is 0 Å². The number of Topliss-reactive ketones (excluding diaryl/α,β-unsaturated/α-hetero) is 1. The first-order valence-electron chi connectivity index (χ1n) is 4.89. The van der Waals surface area contributed by atoms with Gasteiger partial charge in [0.1, 0.15) is 4.90 Å². The Morgan fingerprint density at radius 1 is 1.25 bits per heavy atom. The molecule has 0 spiro atoms. The SMILES string of the molecule is CS(=O)(=O)c1cc2c([nH]c1=O)CCCC2=O. The van der Waals surface area contributed by atoms with Gasteiger partial charge in [-0.2, -0.15) is 0 Å². The molecule has 16 heavy (non-hydrogen) atoms. The number of nitrogens with one attached hydrogen (secondary N) is 1. The smallest absolute Gasteiger partial charge is 0.266 e. The third kappa shape index (κ3) is 1.80. The van der Waals surface area contributed by atoms with Crippen molar-refractivity contribution in [3.8, 4) is 0 Å². The number of carbonyl (C=O) groups is 1. The Hall–Kier alpha value is -1.43. The molecule has 2 rings (SSSR count). The molecular weight excluding hydrogens is 230 g/mol. The van der Waals surface area contributed by atoms with Gasteiger partial charge in [-0.15, -0.1) is 0 Å². The van der Waals surface area contributed by atoms with E-state index in [4.69, 9.17) is 0 Å². The number of aromatic amines is 1. The molecule has 0 amide bonds. The second kappa shape index (κ2) is 3.55. The van der Waals surface area contributed by atoms with Crippen LogP contribution in [-0.2, 0) is 16.3 Å². The van der Waals surface area contributed by atoms with Crippen LogP contribution in [-0.4, -0.2) is 25.4 Å². The maximum Gasteiger partial charge on any atom is 0.266 e. The zero-order valence-electron chi connectivity index (χ0n) is 8.74. The normalized spacial score (nSPS) is 15.9. The van der Waals surface area contributed by atoms with Gasteiger partial charge in [-0.3, -0.25) is 9.59 Å². The molecule has 86 valence electrons. The summed E-state index contributed by atoms with van der Waals surface area (Å²) in [5.74, 6) is -0.109. The minimum absolute atomic E-state index is 0.109. The van der Waals surface area contributed by atoms with Crippen molar-refractivity contribution in [1.82, 2.24) is 4.98 Å². The van der Waals surface area contributed by atoms with Gasteiger partial charge >= 0.3 is 0 Å². The van der Waals surface area contributed by atoms with Crippen LogP contribution in [0.5, 0.6) is 0 Å². The molecule has 0 saturated heterocycles. The number of hydrogen-bond acceptors (Lipinski definition) is 4. The highest BCUT2D eigenvalue weighted by Gasteiger charge is 2.22. The van der Waals surface area contributed by atoms with E-state index in [-0.39, 0.29) is 10.7 Å². The number of aryl methyl sites for hydroxylation is 1. The summed E-state index contributed by atoms with van der Waals surface area (Å²) >= 11 is 0. The van der Waals surface area contributed by atoms with E-state index in [1.165, 1.54) is 6.07 Å². The van der Waals surface area contributed by atoms with E-state index in [0.717, 1.165) is 6.26 Å². The largest absolute Gasteiger partial charge is 0.324 e. The highest BCUT2D eigenvalue weighted by Crippen LogP contribution is 2.19. The average molecular weight is 241 g/mol. The summed E-state index contributed by atoms with van der Waals surface area (Å²) in [6.45, 7) is 0. The number of hydrogen-bond donors (Lipinski definition) is 1. The molecule has 0 radical (unpaired) electrons. The molecule has 0 atom stereocenters. The molecule has 1 aliphatic carbocycles. The molecule has 1 aromatic rings. The first kappa shape index (κ1) is 11.1. The zero-order valence-corrected chi connectivity index (χ0v) is 9.56. The van der Waals surface area contributed by atoms with Crippen LogP contribution < -0.4 is 5.56 Å². The van der Waals surface area contributed by atoms with Crippen molar-refractivity contribution in [1.29, 1.82) is 0 Å². The van der Waals surface area contributed by atoms with Gasteiger partial charge in [-0.05, 0) is 18.9 Å². The molecule has 0 fully saturated rings. The van der Waals surface area contributed by atoms with Crippen molar-refractivity contribution in [3.05, 3.63) is 27.7 Å². The van der Waals surface area contributed by atoms with E-state index < -0.39 is 15.4 Å². The van der Waals surface area contributed by atoms with Crippen molar-refractivity contribution >= 4 is 15.6 Å². The second-order valence-electron chi connectivity index (χ2n) is 3.90. The third-order valence-corrected chi connectivity index (χ3v) is 3.72. The molecule has 0 bridgehead atoms. The lowest BCUT2D eigenvalue weighted by molar-refractivity contribution is 0.0971. The molecule has 0 aromatic carbocycles. The van der Waals surface area contributed by atoms with Gasteiger partial charge in [-0.25, -0.2) is 8.42 Å². The van der Waals surface area contributed by atoms with Gasteiger partial charge in [0.25, 0.3) is 5.56 Å². The van der Waals surface area contributed by atoms with E-state index in [1.54, 1.807) is 0 Å². The van der Waals surface area contributed by atoms with Gasteiger partial charge in [0.2, 0.25) is 0 Å². The number of H-pyrrole nitrogens is 1. The molecule has 0 saturated carbocycles. The molecular formula is C10H11NO4S. The number of aromatic nitrogens is 1. The van der Waals surface area contributed by atoms with Crippen LogP contribution in [0.25, 0.3) is 0 Å². The van der Waals surface area contributed by atoms with Crippen LogP contribution in [0.15, 0.2) is 15.8 Å². The van der Waals surface area contributed by atoms with Crippen molar-refractivity contribution in [2.45, 2.75) is 24.2 Å². The Kier molecular flexibility index (Phi) is 2.46. The zero-order chi connectivity index (χ0) is 11.9. The standard InChI is InChI=1S/C10H11NO4S/c1-16(14,15)9-5-6-7(11-10(9)13)3-2-4-8(6)12/h5H,2-4H2,1H3,(H,11,13). The summed E-state index contributed by atoms with van der Waals surface area (Å²) in [4.78, 5) is 25.2. The monoisotopic (exact) mass is 241 g/mol. The first-order valence-corrected chi connectivity index (χ1v) is 6.78. The van der Waals surface area contributed by atoms with Crippen LogP contribution in [0.4, 0.5) is 0 Å². The predicted octanol–water partition coefficient (Wildman–Crippen LogP) is 0.297. The van der Waals surface area contributed by atoms with Gasteiger partial charge in [-0.1, -0.05) is 0 Å². The van der Waals surface area contributed by atoms with Crippen molar-refractivity contribution < 1.29 is 13.2 Å². The molecule has 5 nitrogen and oxygen atoms in total. The minimum atomic E-state index is -3.59. The lowest BCUT2D eigenvalue weighted by Crippen LogP contribution is -2.23. The topological polar surface area (TPSA) is 84.1 Å². The summed E-state index contributed by atoms with van der Waals surface area (Å²) in [5.41, 5.74) is 0.246. The van der Waals surface area contributed by atoms with Gasteiger partial charge < -0.3 is 4.98 Å². The summed E-state index contributed by atoms with van der Waals surface area (Å²) in [6.07, 6.45) is 2.67. The van der Waals surface area contributed by atoms with Crippen molar-refractivity contribution in [2.24, 2.45) is 0 Å². The van der Waals surface area contributed by atoms with Crippen LogP contribution in [0.3, 0.4) is 0 Å². The second-order valence-corrected chi connectivity index (χ2v) is 5.89. The Morgan fingerprint density at radius 2 is 1.94 bits per heavy atom. The molecule has 0 unspecified atom stereocenters. The third-order valence-electron chi connectivity index (χ3n) is 2.62. The highest BCUT2D eigenvalue weighted by molar-refractivity contribution is 7.90. The molecule has 1 N–H and O–H groups in total. The van der Waals surface area contributed by atoms with Crippen LogP contribution in [0, 0.1) is 0 Å². The Morgan fingerprint density at radius 3 is 2.56 bits per heavy atom. The van der Waals surface area contributed by atoms with Gasteiger partial charge in [0, 0.05) is 23.9 Å². The number of rotatable bonds is 1. The van der Waals surface area contributed by atoms with E-state index in [9.17, 15) is 18.0 Å². The van der Waals surface area contributed by atoms with Gasteiger partial charge in [0.15, 0.2) is 15.6 Å². The number of ketones is 1. The number of sulfone groups is 1. The molecule has 1 aliphatic rings. The Labute approximate surface area is 92.4 Å². The lowest BCUT2D eigenvalue weighted by atomic mass is 9.95.